The molecule has 1 fully saturated rings. The Balaban J connectivity index is 1.64. The van der Waals surface area contributed by atoms with Crippen molar-refractivity contribution in [3.63, 3.8) is 0 Å². The predicted molar refractivity (Wildman–Crippen MR) is 116 cm³/mol. The predicted octanol–water partition coefficient (Wildman–Crippen LogP) is 3.80. The van der Waals surface area contributed by atoms with Crippen molar-refractivity contribution in [3.05, 3.63) is 82.2 Å². The van der Waals surface area contributed by atoms with Gasteiger partial charge in [-0.15, -0.1) is 0 Å². The van der Waals surface area contributed by atoms with Gasteiger partial charge in [0.15, 0.2) is 0 Å². The maximum absolute atomic E-state index is 13.4. The third kappa shape index (κ3) is 3.65. The van der Waals surface area contributed by atoms with Crippen molar-refractivity contribution in [2.24, 2.45) is 0 Å². The molecule has 6 nitrogen and oxygen atoms in total. The third-order valence-electron chi connectivity index (χ3n) is 5.99. The molecule has 1 saturated heterocycles. The summed E-state index contributed by atoms with van der Waals surface area (Å²) in [6, 6.07) is 12.1. The summed E-state index contributed by atoms with van der Waals surface area (Å²) in [4.78, 5) is 21.8. The van der Waals surface area contributed by atoms with Crippen LogP contribution in [0.5, 0.6) is 0 Å². The number of nitrogens with zero attached hydrogens (tertiary/aromatic N) is 3. The molecule has 1 N–H and O–H groups in total. The van der Waals surface area contributed by atoms with Gasteiger partial charge in [0.1, 0.15) is 5.69 Å². The Morgan fingerprint density at radius 1 is 1.12 bits per heavy atom. The lowest BCUT2D eigenvalue weighted by molar-refractivity contribution is -0.0395. The van der Waals surface area contributed by atoms with Crippen LogP contribution >= 0.6 is 0 Å². The first kappa shape index (κ1) is 20.7. The summed E-state index contributed by atoms with van der Waals surface area (Å²) in [6.07, 6.45) is 0.511. The number of rotatable bonds is 4. The zero-order chi connectivity index (χ0) is 22.2. The Morgan fingerprint density at radius 3 is 2.66 bits per heavy atom. The van der Waals surface area contributed by atoms with E-state index >= 15 is 0 Å². The minimum Gasteiger partial charge on any atom is -0.389 e. The normalized spacial score (nSPS) is 19.1. The highest BCUT2D eigenvalue weighted by Gasteiger charge is 2.27. The van der Waals surface area contributed by atoms with E-state index in [2.05, 4.69) is 9.97 Å². The van der Waals surface area contributed by atoms with Gasteiger partial charge in [-0.3, -0.25) is 14.3 Å². The first-order valence-corrected chi connectivity index (χ1v) is 10.4. The average molecular weight is 437 g/mol. The Bertz CT molecular complexity index is 1340. The number of benzene rings is 2. The number of aliphatic hydroxyl groups excluding tert-OH is 1. The standard InChI is InChI=1S/C24H21F2N3O3/c25-23(26)19-6-5-14(11-27-19)9-15-10-18-22(17-4-2-1-3-16(15)17)28-13-29(24(18)31)20-7-8-32-12-21(20)30/h1-6,10-11,13,20-21,23,30H,7-9,12H2/t20-,21-/m0/s1. The van der Waals surface area contributed by atoms with Gasteiger partial charge in [0.2, 0.25) is 0 Å². The van der Waals surface area contributed by atoms with E-state index in [1.807, 2.05) is 30.3 Å². The highest BCUT2D eigenvalue weighted by Crippen LogP contribution is 2.29. The molecule has 164 valence electrons. The fourth-order valence-electron chi connectivity index (χ4n) is 4.36. The van der Waals surface area contributed by atoms with E-state index < -0.39 is 18.6 Å². The third-order valence-corrected chi connectivity index (χ3v) is 5.99. The molecule has 0 amide bonds. The Labute approximate surface area is 182 Å². The molecule has 0 saturated carbocycles. The summed E-state index contributed by atoms with van der Waals surface area (Å²) < 4.78 is 32.5. The van der Waals surface area contributed by atoms with Gasteiger partial charge in [0, 0.05) is 18.2 Å². The van der Waals surface area contributed by atoms with Gasteiger partial charge in [-0.2, -0.15) is 0 Å². The molecular weight excluding hydrogens is 416 g/mol. The van der Waals surface area contributed by atoms with E-state index in [1.165, 1.54) is 23.2 Å². The van der Waals surface area contributed by atoms with Gasteiger partial charge in [-0.25, -0.2) is 13.8 Å². The second-order valence-electron chi connectivity index (χ2n) is 8.00. The Kier molecular flexibility index (Phi) is 5.40. The van der Waals surface area contributed by atoms with Crippen molar-refractivity contribution >= 4 is 21.7 Å². The highest BCUT2D eigenvalue weighted by atomic mass is 19.3. The SMILES string of the molecule is O=c1c2cc(Cc3ccc(C(F)F)nc3)c3ccccc3c2ncn1[C@H]1CCOC[C@@H]1O. The Morgan fingerprint density at radius 2 is 1.94 bits per heavy atom. The molecule has 2 aromatic carbocycles. The highest BCUT2D eigenvalue weighted by molar-refractivity contribution is 6.06. The molecule has 2 atom stereocenters. The van der Waals surface area contributed by atoms with Gasteiger partial charge in [0.25, 0.3) is 12.0 Å². The first-order chi connectivity index (χ1) is 15.5. The van der Waals surface area contributed by atoms with Crippen molar-refractivity contribution in [2.75, 3.05) is 13.2 Å². The summed E-state index contributed by atoms with van der Waals surface area (Å²) in [6.45, 7) is 0.649. The number of halogens is 2. The van der Waals surface area contributed by atoms with Crippen LogP contribution in [0.1, 0.15) is 35.7 Å². The zero-order valence-electron chi connectivity index (χ0n) is 17.1. The molecule has 32 heavy (non-hydrogen) atoms. The largest absolute Gasteiger partial charge is 0.389 e. The smallest absolute Gasteiger partial charge is 0.280 e. The molecule has 4 aromatic rings. The fourth-order valence-corrected chi connectivity index (χ4v) is 4.36. The van der Waals surface area contributed by atoms with E-state index in [4.69, 9.17) is 4.74 Å². The van der Waals surface area contributed by atoms with E-state index in [1.54, 1.807) is 6.07 Å². The number of aromatic nitrogens is 3. The minimum absolute atomic E-state index is 0.180. The molecule has 0 bridgehead atoms. The number of hydrogen-bond acceptors (Lipinski definition) is 5. The lowest BCUT2D eigenvalue weighted by atomic mass is 9.96. The molecule has 0 aliphatic carbocycles. The summed E-state index contributed by atoms with van der Waals surface area (Å²) in [5.74, 6) is 0. The van der Waals surface area contributed by atoms with Gasteiger partial charge in [0.05, 0.1) is 36.0 Å². The molecule has 1 aliphatic heterocycles. The monoisotopic (exact) mass is 437 g/mol. The van der Waals surface area contributed by atoms with E-state index in [9.17, 15) is 18.7 Å². The molecular formula is C24H21F2N3O3. The summed E-state index contributed by atoms with van der Waals surface area (Å²) in [5.41, 5.74) is 1.75. The second-order valence-corrected chi connectivity index (χ2v) is 8.00. The molecule has 3 heterocycles. The second kappa shape index (κ2) is 8.37. The van der Waals surface area contributed by atoms with Gasteiger partial charge in [-0.1, -0.05) is 30.3 Å². The van der Waals surface area contributed by atoms with Crippen molar-refractivity contribution in [1.82, 2.24) is 14.5 Å². The maximum atomic E-state index is 13.4. The number of aliphatic hydroxyl groups is 1. The maximum Gasteiger partial charge on any atom is 0.280 e. The fraction of sp³-hybridized carbons (Fsp3) is 0.292. The Hall–Kier alpha value is -3.23. The van der Waals surface area contributed by atoms with Gasteiger partial charge in [-0.05, 0) is 41.5 Å². The topological polar surface area (TPSA) is 77.2 Å². The molecule has 8 heteroatoms. The number of hydrogen-bond donors (Lipinski definition) is 1. The quantitative estimate of drug-likeness (QED) is 0.492. The van der Waals surface area contributed by atoms with Crippen LogP contribution in [0, 0.1) is 0 Å². The molecule has 0 spiro atoms. The van der Waals surface area contributed by atoms with Crippen molar-refractivity contribution < 1.29 is 18.6 Å². The first-order valence-electron chi connectivity index (χ1n) is 10.4. The summed E-state index contributed by atoms with van der Waals surface area (Å²) in [5, 5.41) is 12.6. The van der Waals surface area contributed by atoms with Gasteiger partial charge >= 0.3 is 0 Å². The van der Waals surface area contributed by atoms with E-state index in [0.717, 1.165) is 21.9 Å². The van der Waals surface area contributed by atoms with Crippen LogP contribution in [0.15, 0.2) is 59.8 Å². The molecule has 2 aromatic heterocycles. The minimum atomic E-state index is -2.62. The van der Waals surface area contributed by atoms with E-state index in [-0.39, 0.29) is 17.9 Å². The zero-order valence-corrected chi connectivity index (χ0v) is 17.1. The summed E-state index contributed by atoms with van der Waals surface area (Å²) >= 11 is 0. The molecule has 0 unspecified atom stereocenters. The van der Waals surface area contributed by atoms with Crippen molar-refractivity contribution in [1.29, 1.82) is 0 Å². The number of alkyl halides is 2. The molecule has 5 rings (SSSR count). The van der Waals surface area contributed by atoms with Crippen molar-refractivity contribution in [2.45, 2.75) is 31.4 Å². The molecule has 0 radical (unpaired) electrons. The van der Waals surface area contributed by atoms with Crippen LogP contribution < -0.4 is 5.56 Å². The lowest BCUT2D eigenvalue weighted by Gasteiger charge is -2.29. The van der Waals surface area contributed by atoms with E-state index in [0.29, 0.717) is 30.4 Å². The average Bonchev–Trinajstić information content (AvgIpc) is 2.81. The van der Waals surface area contributed by atoms with Crippen molar-refractivity contribution in [3.8, 4) is 0 Å². The number of ether oxygens (including phenoxy) is 1. The van der Waals surface area contributed by atoms with Crippen LogP contribution in [0.2, 0.25) is 0 Å². The van der Waals surface area contributed by atoms with Crippen LogP contribution in [-0.4, -0.2) is 39.0 Å². The van der Waals surface area contributed by atoms with Crippen LogP contribution in [-0.2, 0) is 11.2 Å². The summed E-state index contributed by atoms with van der Waals surface area (Å²) in [7, 11) is 0. The number of fused-ring (bicyclic) bond motifs is 3. The lowest BCUT2D eigenvalue weighted by Crippen LogP contribution is -2.39. The number of pyridine rings is 1. The van der Waals surface area contributed by atoms with Crippen LogP contribution in [0.3, 0.4) is 0 Å². The van der Waals surface area contributed by atoms with Crippen LogP contribution in [0.4, 0.5) is 8.78 Å². The van der Waals surface area contributed by atoms with Crippen LogP contribution in [0.25, 0.3) is 21.7 Å². The van der Waals surface area contributed by atoms with Gasteiger partial charge < -0.3 is 9.84 Å². The molecule has 1 aliphatic rings.